The van der Waals surface area contributed by atoms with Crippen molar-refractivity contribution in [1.82, 2.24) is 5.43 Å². The number of carbonyl (C=O) groups is 1. The Morgan fingerprint density at radius 1 is 1.08 bits per heavy atom. The van der Waals surface area contributed by atoms with E-state index in [2.05, 4.69) is 16.6 Å². The number of rotatable bonds is 6. The Bertz CT molecular complexity index is 798. The average Bonchev–Trinajstić information content (AvgIpc) is 2.61. The fourth-order valence-electron chi connectivity index (χ4n) is 2.56. The Morgan fingerprint density at radius 2 is 1.84 bits per heavy atom. The Kier molecular flexibility index (Phi) is 6.17. The number of benzene rings is 2. The first-order chi connectivity index (χ1) is 11.9. The van der Waals surface area contributed by atoms with Crippen molar-refractivity contribution in [2.24, 2.45) is 5.10 Å². The number of ether oxygens (including phenoxy) is 2. The van der Waals surface area contributed by atoms with E-state index >= 15 is 0 Å². The molecule has 132 valence electrons. The quantitative estimate of drug-likeness (QED) is 0.647. The average molecular weight is 340 g/mol. The first kappa shape index (κ1) is 18.5. The molecule has 5 nitrogen and oxygen atoms in total. The number of amides is 1. The number of hydrazone groups is 1. The largest absolute Gasteiger partial charge is 0.497 e. The van der Waals surface area contributed by atoms with Gasteiger partial charge in [0.1, 0.15) is 11.5 Å². The van der Waals surface area contributed by atoms with Gasteiger partial charge in [0.2, 0.25) is 5.91 Å². The molecule has 2 aromatic rings. The molecular formula is C20H24N2O3. The van der Waals surface area contributed by atoms with Crippen LogP contribution in [0.15, 0.2) is 41.5 Å². The summed E-state index contributed by atoms with van der Waals surface area (Å²) in [5, 5.41) is 4.20. The highest BCUT2D eigenvalue weighted by molar-refractivity contribution is 6.02. The van der Waals surface area contributed by atoms with Crippen molar-refractivity contribution in [1.29, 1.82) is 0 Å². The molecule has 5 heteroatoms. The lowest BCUT2D eigenvalue weighted by Crippen LogP contribution is -2.21. The lowest BCUT2D eigenvalue weighted by molar-refractivity contribution is -0.120. The molecule has 0 saturated heterocycles. The van der Waals surface area contributed by atoms with Crippen LogP contribution in [-0.4, -0.2) is 25.8 Å². The van der Waals surface area contributed by atoms with Gasteiger partial charge in [-0.1, -0.05) is 23.8 Å². The summed E-state index contributed by atoms with van der Waals surface area (Å²) in [5.74, 6) is 1.21. The second-order valence-electron chi connectivity index (χ2n) is 5.91. The van der Waals surface area contributed by atoms with Crippen molar-refractivity contribution in [3.63, 3.8) is 0 Å². The third-order valence-electron chi connectivity index (χ3n) is 3.99. The highest BCUT2D eigenvalue weighted by Crippen LogP contribution is 2.24. The standard InChI is InChI=1S/C20H24N2O3/c1-13-6-7-16(14(2)10-13)11-20(23)22-21-15(3)18-12-17(24-4)8-9-19(18)25-5/h6-10,12H,11H2,1-5H3,(H,22,23)/b21-15-. The van der Waals surface area contributed by atoms with Crippen LogP contribution in [-0.2, 0) is 11.2 Å². The summed E-state index contributed by atoms with van der Waals surface area (Å²) in [6, 6.07) is 11.5. The van der Waals surface area contributed by atoms with E-state index in [-0.39, 0.29) is 12.3 Å². The highest BCUT2D eigenvalue weighted by atomic mass is 16.5. The van der Waals surface area contributed by atoms with E-state index in [9.17, 15) is 4.79 Å². The molecule has 0 radical (unpaired) electrons. The van der Waals surface area contributed by atoms with Crippen LogP contribution in [0.4, 0.5) is 0 Å². The van der Waals surface area contributed by atoms with Crippen LogP contribution in [0.25, 0.3) is 0 Å². The van der Waals surface area contributed by atoms with E-state index in [4.69, 9.17) is 9.47 Å². The number of nitrogens with zero attached hydrogens (tertiary/aromatic N) is 1. The van der Waals surface area contributed by atoms with Gasteiger partial charge in [0.05, 0.1) is 26.4 Å². The van der Waals surface area contributed by atoms with Gasteiger partial charge in [0.15, 0.2) is 0 Å². The maximum Gasteiger partial charge on any atom is 0.244 e. The van der Waals surface area contributed by atoms with E-state index in [0.29, 0.717) is 17.2 Å². The highest BCUT2D eigenvalue weighted by Gasteiger charge is 2.10. The molecule has 0 unspecified atom stereocenters. The van der Waals surface area contributed by atoms with Crippen LogP contribution in [0.5, 0.6) is 11.5 Å². The SMILES string of the molecule is COc1ccc(OC)c(/C(C)=N\NC(=O)Cc2ccc(C)cc2C)c1. The van der Waals surface area contributed by atoms with E-state index in [0.717, 1.165) is 16.7 Å². The molecule has 0 spiro atoms. The fourth-order valence-corrected chi connectivity index (χ4v) is 2.56. The van der Waals surface area contributed by atoms with Gasteiger partial charge >= 0.3 is 0 Å². The summed E-state index contributed by atoms with van der Waals surface area (Å²) in [6.07, 6.45) is 0.290. The van der Waals surface area contributed by atoms with Crippen molar-refractivity contribution in [2.45, 2.75) is 27.2 Å². The van der Waals surface area contributed by atoms with Crippen molar-refractivity contribution >= 4 is 11.6 Å². The number of aryl methyl sites for hydroxylation is 2. The van der Waals surface area contributed by atoms with Crippen molar-refractivity contribution in [2.75, 3.05) is 14.2 Å². The van der Waals surface area contributed by atoms with Crippen LogP contribution in [0.1, 0.15) is 29.2 Å². The number of methoxy groups -OCH3 is 2. The Morgan fingerprint density at radius 3 is 2.48 bits per heavy atom. The second-order valence-corrected chi connectivity index (χ2v) is 5.91. The third kappa shape index (κ3) is 4.83. The molecule has 0 aliphatic heterocycles. The monoisotopic (exact) mass is 340 g/mol. The van der Waals surface area contributed by atoms with Crippen LogP contribution in [0.2, 0.25) is 0 Å². The molecule has 0 bridgehead atoms. The minimum Gasteiger partial charge on any atom is -0.497 e. The van der Waals surface area contributed by atoms with E-state index in [1.807, 2.05) is 51.1 Å². The van der Waals surface area contributed by atoms with Crippen molar-refractivity contribution in [3.05, 3.63) is 58.7 Å². The predicted molar refractivity (Wildman–Crippen MR) is 99.5 cm³/mol. The Hall–Kier alpha value is -2.82. The van der Waals surface area contributed by atoms with E-state index in [1.54, 1.807) is 14.2 Å². The van der Waals surface area contributed by atoms with Crippen LogP contribution < -0.4 is 14.9 Å². The first-order valence-corrected chi connectivity index (χ1v) is 8.06. The van der Waals surface area contributed by atoms with E-state index < -0.39 is 0 Å². The van der Waals surface area contributed by atoms with Crippen LogP contribution >= 0.6 is 0 Å². The summed E-state index contributed by atoms with van der Waals surface area (Å²) in [5.41, 5.74) is 7.31. The molecule has 0 saturated carbocycles. The Labute approximate surface area is 148 Å². The molecule has 0 aliphatic carbocycles. The zero-order valence-corrected chi connectivity index (χ0v) is 15.3. The van der Waals surface area contributed by atoms with Gasteiger partial charge in [-0.2, -0.15) is 5.10 Å². The number of hydrogen-bond acceptors (Lipinski definition) is 4. The molecule has 0 aromatic heterocycles. The summed E-state index contributed by atoms with van der Waals surface area (Å²) >= 11 is 0. The number of nitrogens with one attached hydrogen (secondary N) is 1. The molecule has 2 rings (SSSR count). The topological polar surface area (TPSA) is 59.9 Å². The fraction of sp³-hybridized carbons (Fsp3) is 0.300. The summed E-state index contributed by atoms with van der Waals surface area (Å²) in [7, 11) is 3.20. The number of carbonyl (C=O) groups excluding carboxylic acids is 1. The smallest absolute Gasteiger partial charge is 0.244 e. The maximum absolute atomic E-state index is 12.2. The zero-order chi connectivity index (χ0) is 18.4. The van der Waals surface area contributed by atoms with Gasteiger partial charge in [-0.25, -0.2) is 5.43 Å². The van der Waals surface area contributed by atoms with Gasteiger partial charge < -0.3 is 9.47 Å². The normalized spacial score (nSPS) is 11.2. The molecule has 0 heterocycles. The van der Waals surface area contributed by atoms with Gasteiger partial charge in [-0.3, -0.25) is 4.79 Å². The number of hydrogen-bond donors (Lipinski definition) is 1. The first-order valence-electron chi connectivity index (χ1n) is 8.06. The molecule has 2 aromatic carbocycles. The molecular weight excluding hydrogens is 316 g/mol. The summed E-state index contributed by atoms with van der Waals surface area (Å²) in [4.78, 5) is 12.2. The van der Waals surface area contributed by atoms with Crippen molar-refractivity contribution < 1.29 is 14.3 Å². The molecule has 1 N–H and O–H groups in total. The van der Waals surface area contributed by atoms with E-state index in [1.165, 1.54) is 5.56 Å². The molecule has 0 fully saturated rings. The van der Waals surface area contributed by atoms with Crippen LogP contribution in [0, 0.1) is 13.8 Å². The van der Waals surface area contributed by atoms with Gasteiger partial charge in [-0.15, -0.1) is 0 Å². The third-order valence-corrected chi connectivity index (χ3v) is 3.99. The molecule has 25 heavy (non-hydrogen) atoms. The summed E-state index contributed by atoms with van der Waals surface area (Å²) < 4.78 is 10.6. The van der Waals surface area contributed by atoms with Crippen molar-refractivity contribution in [3.8, 4) is 11.5 Å². The lowest BCUT2D eigenvalue weighted by Gasteiger charge is -2.10. The lowest BCUT2D eigenvalue weighted by atomic mass is 10.0. The van der Waals surface area contributed by atoms with Gasteiger partial charge in [0, 0.05) is 5.56 Å². The Balaban J connectivity index is 2.11. The minimum absolute atomic E-state index is 0.159. The molecule has 0 atom stereocenters. The van der Waals surface area contributed by atoms with Crippen LogP contribution in [0.3, 0.4) is 0 Å². The minimum atomic E-state index is -0.159. The summed E-state index contributed by atoms with van der Waals surface area (Å²) in [6.45, 7) is 5.85. The molecule has 0 aliphatic rings. The van der Waals surface area contributed by atoms with Gasteiger partial charge in [-0.05, 0) is 50.1 Å². The zero-order valence-electron chi connectivity index (χ0n) is 15.3. The molecule has 1 amide bonds. The predicted octanol–water partition coefficient (Wildman–Crippen LogP) is 3.40. The van der Waals surface area contributed by atoms with Gasteiger partial charge in [0.25, 0.3) is 0 Å². The second kappa shape index (κ2) is 8.33. The maximum atomic E-state index is 12.2.